The van der Waals surface area contributed by atoms with Gasteiger partial charge in [0.05, 0.1) is 5.54 Å². The van der Waals surface area contributed by atoms with E-state index in [4.69, 9.17) is 0 Å². The Labute approximate surface area is 127 Å². The molecular weight excluding hydrogens is 384 g/mol. The Kier molecular flexibility index (Phi) is 7.10. The van der Waals surface area contributed by atoms with Gasteiger partial charge in [0.15, 0.2) is 0 Å². The quantitative estimate of drug-likeness (QED) is 0.690. The lowest BCUT2D eigenvalue weighted by Gasteiger charge is -2.32. The fourth-order valence-electron chi connectivity index (χ4n) is 1.97. The average Bonchev–Trinajstić information content (AvgIpc) is 2.65. The van der Waals surface area contributed by atoms with Crippen molar-refractivity contribution in [2.24, 2.45) is 0 Å². The summed E-state index contributed by atoms with van der Waals surface area (Å²) in [6, 6.07) is 0. The van der Waals surface area contributed by atoms with Crippen LogP contribution in [0.4, 0.5) is 0 Å². The van der Waals surface area contributed by atoms with E-state index in [1.165, 1.54) is 0 Å². The molecule has 0 radical (unpaired) electrons. The maximum atomic E-state index is 12.4. The van der Waals surface area contributed by atoms with Gasteiger partial charge in [0.2, 0.25) is 0 Å². The third-order valence-electron chi connectivity index (χ3n) is 3.44. The van der Waals surface area contributed by atoms with Gasteiger partial charge in [-0.25, -0.2) is 0 Å². The van der Waals surface area contributed by atoms with Crippen molar-refractivity contribution in [2.75, 3.05) is 23.7 Å². The van der Waals surface area contributed by atoms with Crippen LogP contribution in [0.25, 0.3) is 0 Å². The maximum Gasteiger partial charge on any atom is 0.280 e. The molecule has 0 aromatic heterocycles. The van der Waals surface area contributed by atoms with Crippen LogP contribution >= 0.6 is 31.9 Å². The fourth-order valence-corrected chi connectivity index (χ4v) is 6.05. The number of alkyl halides is 2. The SMILES string of the molecule is CCC(CBr)(CBr)NS(=O)(=O)N1CCCCCC1. The molecule has 0 spiro atoms. The Balaban J connectivity index is 2.78. The predicted octanol–water partition coefficient (Wildman–Crippen LogP) is 2.64. The standard InChI is InChI=1S/C11H22Br2N2O2S/c1-2-11(9-12,10-13)14-18(16,17)15-7-5-3-4-6-8-15/h14H,2-10H2,1H3. The average molecular weight is 406 g/mol. The highest BCUT2D eigenvalue weighted by atomic mass is 79.9. The fraction of sp³-hybridized carbons (Fsp3) is 1.00. The molecule has 0 aromatic carbocycles. The normalized spacial score (nSPS) is 19.7. The van der Waals surface area contributed by atoms with Crippen molar-refractivity contribution in [1.82, 2.24) is 9.03 Å². The molecule has 1 saturated heterocycles. The molecule has 0 aliphatic carbocycles. The van der Waals surface area contributed by atoms with Crippen molar-refractivity contribution >= 4 is 42.1 Å². The predicted molar refractivity (Wildman–Crippen MR) is 82.7 cm³/mol. The molecule has 1 aliphatic rings. The minimum atomic E-state index is -3.38. The van der Waals surface area contributed by atoms with Crippen LogP contribution in [0.2, 0.25) is 0 Å². The molecule has 1 heterocycles. The molecule has 1 N–H and O–H groups in total. The number of nitrogens with zero attached hydrogens (tertiary/aromatic N) is 1. The van der Waals surface area contributed by atoms with E-state index in [0.717, 1.165) is 32.1 Å². The van der Waals surface area contributed by atoms with E-state index < -0.39 is 15.7 Å². The van der Waals surface area contributed by atoms with E-state index in [-0.39, 0.29) is 0 Å². The second kappa shape index (κ2) is 7.57. The molecule has 1 rings (SSSR count). The highest BCUT2D eigenvalue weighted by Gasteiger charge is 2.34. The third kappa shape index (κ3) is 4.44. The minimum absolute atomic E-state index is 0.439. The lowest BCUT2D eigenvalue weighted by Crippen LogP contribution is -2.55. The smallest absolute Gasteiger partial charge is 0.195 e. The summed E-state index contributed by atoms with van der Waals surface area (Å²) in [6.07, 6.45) is 4.92. The number of halogens is 2. The highest BCUT2D eigenvalue weighted by Crippen LogP contribution is 2.20. The van der Waals surface area contributed by atoms with Crippen molar-refractivity contribution in [3.05, 3.63) is 0 Å². The second-order valence-corrected chi connectivity index (χ2v) is 7.61. The van der Waals surface area contributed by atoms with Crippen molar-refractivity contribution in [2.45, 2.75) is 44.6 Å². The molecule has 0 saturated carbocycles. The van der Waals surface area contributed by atoms with Crippen LogP contribution in [0, 0.1) is 0 Å². The first-order valence-electron chi connectivity index (χ1n) is 6.40. The van der Waals surface area contributed by atoms with Gasteiger partial charge in [0, 0.05) is 23.7 Å². The zero-order chi connectivity index (χ0) is 13.6. The van der Waals surface area contributed by atoms with E-state index in [9.17, 15) is 8.42 Å². The van der Waals surface area contributed by atoms with Crippen molar-refractivity contribution < 1.29 is 8.42 Å². The molecular formula is C11H22Br2N2O2S. The van der Waals surface area contributed by atoms with Crippen LogP contribution < -0.4 is 4.72 Å². The molecule has 0 amide bonds. The lowest BCUT2D eigenvalue weighted by molar-refractivity contribution is 0.385. The first kappa shape index (κ1) is 16.9. The van der Waals surface area contributed by atoms with Crippen LogP contribution in [0.3, 0.4) is 0 Å². The minimum Gasteiger partial charge on any atom is -0.195 e. The van der Waals surface area contributed by atoms with Crippen molar-refractivity contribution in [3.8, 4) is 0 Å². The zero-order valence-electron chi connectivity index (χ0n) is 10.8. The molecule has 1 aliphatic heterocycles. The molecule has 4 nitrogen and oxygen atoms in total. The maximum absolute atomic E-state index is 12.4. The summed E-state index contributed by atoms with van der Waals surface area (Å²) in [5.41, 5.74) is -0.439. The molecule has 1 fully saturated rings. The molecule has 0 bridgehead atoms. The van der Waals surface area contributed by atoms with Gasteiger partial charge >= 0.3 is 0 Å². The molecule has 0 atom stereocenters. The van der Waals surface area contributed by atoms with Gasteiger partial charge in [-0.15, -0.1) is 0 Å². The summed E-state index contributed by atoms with van der Waals surface area (Å²) in [6.45, 7) is 3.27. The highest BCUT2D eigenvalue weighted by molar-refractivity contribution is 9.09. The second-order valence-electron chi connectivity index (χ2n) is 4.82. The van der Waals surface area contributed by atoms with Crippen molar-refractivity contribution in [1.29, 1.82) is 0 Å². The van der Waals surface area contributed by atoms with Gasteiger partial charge in [0.25, 0.3) is 10.2 Å². The van der Waals surface area contributed by atoms with Crippen LogP contribution in [0.5, 0.6) is 0 Å². The number of hydrogen-bond donors (Lipinski definition) is 1. The van der Waals surface area contributed by atoms with E-state index in [1.54, 1.807) is 4.31 Å². The first-order valence-corrected chi connectivity index (χ1v) is 10.1. The number of rotatable bonds is 6. The Morgan fingerprint density at radius 3 is 2.00 bits per heavy atom. The summed E-state index contributed by atoms with van der Waals surface area (Å²) in [5, 5.41) is 1.21. The van der Waals surface area contributed by atoms with Crippen LogP contribution in [0.15, 0.2) is 0 Å². The van der Waals surface area contributed by atoms with Gasteiger partial charge in [-0.05, 0) is 19.3 Å². The number of hydrogen-bond acceptors (Lipinski definition) is 2. The zero-order valence-corrected chi connectivity index (χ0v) is 14.8. The Hall–Kier alpha value is 0.830. The van der Waals surface area contributed by atoms with Gasteiger partial charge in [-0.3, -0.25) is 0 Å². The topological polar surface area (TPSA) is 49.4 Å². The monoisotopic (exact) mass is 404 g/mol. The van der Waals surface area contributed by atoms with E-state index in [1.807, 2.05) is 6.92 Å². The lowest BCUT2D eigenvalue weighted by atomic mass is 10.0. The van der Waals surface area contributed by atoms with Crippen LogP contribution in [0.1, 0.15) is 39.0 Å². The Bertz CT molecular complexity index is 329. The van der Waals surface area contributed by atoms with E-state index >= 15 is 0 Å². The summed E-state index contributed by atoms with van der Waals surface area (Å²) in [7, 11) is -3.38. The van der Waals surface area contributed by atoms with Gasteiger partial charge in [0.1, 0.15) is 0 Å². The van der Waals surface area contributed by atoms with Gasteiger partial charge in [-0.1, -0.05) is 51.6 Å². The summed E-state index contributed by atoms with van der Waals surface area (Å²) < 4.78 is 29.3. The molecule has 7 heteroatoms. The molecule has 0 aromatic rings. The van der Waals surface area contributed by atoms with Crippen molar-refractivity contribution in [3.63, 3.8) is 0 Å². The largest absolute Gasteiger partial charge is 0.280 e. The molecule has 108 valence electrons. The van der Waals surface area contributed by atoms with Crippen LogP contribution in [-0.2, 0) is 10.2 Å². The number of nitrogens with one attached hydrogen (secondary N) is 1. The summed E-state index contributed by atoms with van der Waals surface area (Å²) in [5.74, 6) is 0. The summed E-state index contributed by atoms with van der Waals surface area (Å²) >= 11 is 6.82. The molecule has 18 heavy (non-hydrogen) atoms. The Morgan fingerprint density at radius 1 is 1.11 bits per heavy atom. The first-order chi connectivity index (χ1) is 8.49. The van der Waals surface area contributed by atoms with E-state index in [0.29, 0.717) is 23.7 Å². The summed E-state index contributed by atoms with van der Waals surface area (Å²) in [4.78, 5) is 0. The van der Waals surface area contributed by atoms with Gasteiger partial charge < -0.3 is 0 Å². The van der Waals surface area contributed by atoms with Gasteiger partial charge in [-0.2, -0.15) is 17.4 Å². The molecule has 0 unspecified atom stereocenters. The van der Waals surface area contributed by atoms with E-state index in [2.05, 4.69) is 36.6 Å². The third-order valence-corrected chi connectivity index (χ3v) is 7.32. The van der Waals surface area contributed by atoms with Crippen LogP contribution in [-0.4, -0.2) is 42.0 Å². The Morgan fingerprint density at radius 2 is 1.61 bits per heavy atom.